The van der Waals surface area contributed by atoms with Crippen LogP contribution in [-0.4, -0.2) is 17.2 Å². The second-order valence-corrected chi connectivity index (χ2v) is 18.7. The number of benzene rings is 9. The summed E-state index contributed by atoms with van der Waals surface area (Å²) in [6.07, 6.45) is 0. The Morgan fingerprint density at radius 3 is 1.55 bits per heavy atom. The Hall–Kier alpha value is -7.40. The first kappa shape index (κ1) is 28.9. The van der Waals surface area contributed by atoms with Gasteiger partial charge >= 0.3 is 0 Å². The molecule has 0 radical (unpaired) electrons. The Balaban J connectivity index is 1.18. The summed E-state index contributed by atoms with van der Waals surface area (Å²) in [5, 5.41) is 10.4. The summed E-state index contributed by atoms with van der Waals surface area (Å²) in [7, 11) is -2.76. The van der Waals surface area contributed by atoms with Crippen LogP contribution in [-0.2, 0) is 0 Å². The number of rotatable bonds is 6. The van der Waals surface area contributed by atoms with Gasteiger partial charge in [-0.3, -0.25) is 0 Å². The fraction of sp³-hybridized carbons (Fsp3) is 0. The molecule has 0 aliphatic rings. The molecule has 0 amide bonds. The third-order valence-electron chi connectivity index (χ3n) is 12.0. The lowest BCUT2D eigenvalue weighted by Gasteiger charge is -2.34. The van der Waals surface area contributed by atoms with E-state index in [4.69, 9.17) is 8.53 Å². The third kappa shape index (κ3) is 4.61. The fourth-order valence-electron chi connectivity index (χ4n) is 9.60. The van der Waals surface area contributed by atoms with E-state index in [1.165, 1.54) is 20.7 Å². The Morgan fingerprint density at radius 2 is 0.914 bits per heavy atom. The molecule has 9 aromatic carbocycles. The van der Waals surface area contributed by atoms with Gasteiger partial charge < -0.3 is 13.6 Å². The van der Waals surface area contributed by atoms with Gasteiger partial charge in [-0.1, -0.05) is 176 Å². The van der Waals surface area contributed by atoms with Gasteiger partial charge in [-0.2, -0.15) is 0 Å². The highest BCUT2D eigenvalue weighted by atomic mass is 28.3. The van der Waals surface area contributed by atoms with Gasteiger partial charge in [-0.25, -0.2) is 0 Å². The summed E-state index contributed by atoms with van der Waals surface area (Å²) in [4.78, 5) is 0. The lowest BCUT2D eigenvalue weighted by atomic mass is 10.1. The number of hydrogen-bond donors (Lipinski definition) is 0. The van der Waals surface area contributed by atoms with Crippen LogP contribution in [0.5, 0.6) is 0 Å². The van der Waals surface area contributed by atoms with Gasteiger partial charge in [-0.15, -0.1) is 0 Å². The summed E-state index contributed by atoms with van der Waals surface area (Å²) >= 11 is 0. The molecule has 0 N–H and O–H groups in total. The molecule has 0 saturated carbocycles. The minimum atomic E-state index is -2.76. The molecule has 3 aromatic heterocycles. The van der Waals surface area contributed by atoms with E-state index in [1.54, 1.807) is 0 Å². The molecule has 0 atom stereocenters. The highest BCUT2D eigenvalue weighted by Gasteiger charge is 2.41. The molecule has 0 aliphatic heterocycles. The van der Waals surface area contributed by atoms with E-state index in [2.05, 4.69) is 156 Å². The van der Waals surface area contributed by atoms with Crippen LogP contribution in [0.2, 0.25) is 0 Å². The molecule has 0 bridgehead atoms. The first-order chi connectivity index (χ1) is 30.5. The van der Waals surface area contributed by atoms with Crippen molar-refractivity contribution in [3.63, 3.8) is 0 Å². The highest BCUT2D eigenvalue weighted by molar-refractivity contribution is 7.19. The standard InChI is InChI=1S/C54H36N2OSi/c1-4-18-38(19-5-1)58(39-20-6-2-7-21-39,40-22-8-3-9-23-40)41-34-32-37(33-35-41)55-47-28-14-12-26-44(47)46-36-50(54-52(53(46)55)45-27-13-17-31-51(45)57-54)56-48-29-15-10-24-42(48)43-25-11-16-30-49(43)56/h1-36H/i10D,15D,24D,29D. The first-order valence-corrected chi connectivity index (χ1v) is 21.6. The van der Waals surface area contributed by atoms with Gasteiger partial charge in [0, 0.05) is 32.6 Å². The second kappa shape index (κ2) is 12.8. The van der Waals surface area contributed by atoms with E-state index in [1.807, 2.05) is 47.0 Å². The topological polar surface area (TPSA) is 23.0 Å². The van der Waals surface area contributed by atoms with E-state index in [0.717, 1.165) is 54.8 Å². The average molecular weight is 761 g/mol. The summed E-state index contributed by atoms with van der Waals surface area (Å²) in [5.74, 6) is 0. The van der Waals surface area contributed by atoms with Crippen LogP contribution in [0.4, 0.5) is 0 Å². The number of para-hydroxylation sites is 4. The molecule has 272 valence electrons. The van der Waals surface area contributed by atoms with Crippen LogP contribution in [0.25, 0.3) is 76.9 Å². The van der Waals surface area contributed by atoms with Gasteiger partial charge in [0.15, 0.2) is 13.7 Å². The van der Waals surface area contributed by atoms with Crippen molar-refractivity contribution in [1.29, 1.82) is 0 Å². The normalized spacial score (nSPS) is 13.1. The van der Waals surface area contributed by atoms with E-state index < -0.39 is 8.07 Å². The molecule has 4 heteroatoms. The van der Waals surface area contributed by atoms with Crippen LogP contribution in [0.15, 0.2) is 223 Å². The molecule has 3 nitrogen and oxygen atoms in total. The van der Waals surface area contributed by atoms with E-state index in [9.17, 15) is 1.37 Å². The van der Waals surface area contributed by atoms with Crippen LogP contribution >= 0.6 is 0 Å². The molecule has 0 aliphatic carbocycles. The van der Waals surface area contributed by atoms with Crippen LogP contribution in [0.3, 0.4) is 0 Å². The number of hydrogen-bond acceptors (Lipinski definition) is 1. The van der Waals surface area contributed by atoms with E-state index in [-0.39, 0.29) is 24.2 Å². The highest BCUT2D eigenvalue weighted by Crippen LogP contribution is 2.45. The van der Waals surface area contributed by atoms with E-state index in [0.29, 0.717) is 22.2 Å². The van der Waals surface area contributed by atoms with E-state index >= 15 is 0 Å². The predicted molar refractivity (Wildman–Crippen MR) is 246 cm³/mol. The number of nitrogens with zero attached hydrogens (tertiary/aromatic N) is 2. The lowest BCUT2D eigenvalue weighted by Crippen LogP contribution is -2.74. The van der Waals surface area contributed by atoms with Crippen LogP contribution in [0.1, 0.15) is 5.48 Å². The maximum absolute atomic E-state index is 9.26. The second-order valence-electron chi connectivity index (χ2n) is 14.9. The number of aromatic nitrogens is 2. The summed E-state index contributed by atoms with van der Waals surface area (Å²) in [6.45, 7) is 0. The van der Waals surface area contributed by atoms with Crippen LogP contribution in [0, 0.1) is 0 Å². The summed E-state index contributed by atoms with van der Waals surface area (Å²) < 4.78 is 46.9. The van der Waals surface area contributed by atoms with Crippen molar-refractivity contribution in [2.24, 2.45) is 0 Å². The third-order valence-corrected chi connectivity index (χ3v) is 16.8. The SMILES string of the molecule is [2H]c1c([2H])c([2H])c2c(c1[2H])c1ccccc1n2-c1cc2c3ccccc3n(-c3ccc([Si](c4ccccc4)(c4ccccc4)c4ccccc4)cc3)c2c2c1oc1ccccc12. The smallest absolute Gasteiger partial charge is 0.179 e. The Bertz CT molecular complexity index is 3630. The van der Waals surface area contributed by atoms with Gasteiger partial charge in [0.05, 0.1) is 38.6 Å². The van der Waals surface area contributed by atoms with Gasteiger partial charge in [0.25, 0.3) is 0 Å². The summed E-state index contributed by atoms with van der Waals surface area (Å²) in [5.41, 5.74) is 6.33. The van der Waals surface area contributed by atoms with Crippen LogP contribution < -0.4 is 20.7 Å². The van der Waals surface area contributed by atoms with Gasteiger partial charge in [0.1, 0.15) is 5.58 Å². The van der Waals surface area contributed by atoms with Crippen molar-refractivity contribution < 1.29 is 9.90 Å². The van der Waals surface area contributed by atoms with Crippen molar-refractivity contribution in [3.8, 4) is 11.4 Å². The minimum absolute atomic E-state index is 0.0585. The monoisotopic (exact) mass is 760 g/mol. The fourth-order valence-corrected chi connectivity index (χ4v) is 14.3. The predicted octanol–water partition coefficient (Wildman–Crippen LogP) is 11.2. The zero-order valence-electron chi connectivity index (χ0n) is 35.3. The lowest BCUT2D eigenvalue weighted by molar-refractivity contribution is 0.666. The van der Waals surface area contributed by atoms with Gasteiger partial charge in [0.2, 0.25) is 0 Å². The molecule has 3 heterocycles. The largest absolute Gasteiger partial charge is 0.454 e. The molecule has 0 unspecified atom stereocenters. The molecule has 12 rings (SSSR count). The zero-order valence-corrected chi connectivity index (χ0v) is 32.3. The Morgan fingerprint density at radius 1 is 0.414 bits per heavy atom. The zero-order chi connectivity index (χ0) is 41.7. The molecule has 0 fully saturated rings. The molecular formula is C54H36N2OSi. The van der Waals surface area contributed by atoms with Crippen molar-refractivity contribution in [2.75, 3.05) is 0 Å². The van der Waals surface area contributed by atoms with Crippen molar-refractivity contribution in [2.45, 2.75) is 0 Å². The maximum atomic E-state index is 9.26. The summed E-state index contributed by atoms with van der Waals surface area (Å²) in [6, 6.07) is 68.0. The molecular weight excluding hydrogens is 721 g/mol. The quantitative estimate of drug-likeness (QED) is 0.122. The minimum Gasteiger partial charge on any atom is -0.454 e. The first-order valence-electron chi connectivity index (χ1n) is 21.6. The van der Waals surface area contributed by atoms with Gasteiger partial charge in [-0.05, 0) is 63.2 Å². The average Bonchev–Trinajstić information content (AvgIpc) is 4.00. The molecule has 12 aromatic rings. The molecule has 0 spiro atoms. The van der Waals surface area contributed by atoms with Crippen molar-refractivity contribution in [1.82, 2.24) is 9.13 Å². The van der Waals surface area contributed by atoms with Crippen molar-refractivity contribution >= 4 is 94.4 Å². The Labute approximate surface area is 341 Å². The molecule has 58 heavy (non-hydrogen) atoms. The number of furan rings is 1. The maximum Gasteiger partial charge on any atom is 0.179 e. The Kier molecular flexibility index (Phi) is 6.39. The van der Waals surface area contributed by atoms with Crippen molar-refractivity contribution in [3.05, 3.63) is 218 Å². The molecule has 0 saturated heterocycles. The number of fused-ring (bicyclic) bond motifs is 10.